The Bertz CT molecular complexity index is 1370. The largest absolute Gasteiger partial charge is 0.363 e. The van der Waals surface area contributed by atoms with Crippen LogP contribution in [-0.4, -0.2) is 25.0 Å². The van der Waals surface area contributed by atoms with Gasteiger partial charge in [0.25, 0.3) is 0 Å². The Kier molecular flexibility index (Phi) is 5.78. The van der Waals surface area contributed by atoms with Crippen LogP contribution in [0.3, 0.4) is 0 Å². The van der Waals surface area contributed by atoms with Crippen LogP contribution in [0.5, 0.6) is 0 Å². The number of thiazole rings is 1. The third kappa shape index (κ3) is 3.56. The molecule has 2 aromatic carbocycles. The number of thioether (sulfide) groups is 1. The van der Waals surface area contributed by atoms with E-state index in [0.717, 1.165) is 21.0 Å². The van der Waals surface area contributed by atoms with Gasteiger partial charge in [0, 0.05) is 27.0 Å². The van der Waals surface area contributed by atoms with E-state index in [1.165, 1.54) is 16.0 Å². The number of hydrogen-bond acceptors (Lipinski definition) is 6. The number of aromatic nitrogens is 3. The summed E-state index contributed by atoms with van der Waals surface area (Å²) in [6.45, 7) is 3.91. The first-order valence-electron chi connectivity index (χ1n) is 9.64. The van der Waals surface area contributed by atoms with Gasteiger partial charge in [-0.15, -0.1) is 11.8 Å². The monoisotopic (exact) mass is 523 g/mol. The van der Waals surface area contributed by atoms with Crippen LogP contribution in [0.15, 0.2) is 40.6 Å². The number of fused-ring (bicyclic) bond motifs is 3. The van der Waals surface area contributed by atoms with Crippen LogP contribution >= 0.6 is 57.9 Å². The van der Waals surface area contributed by atoms with Gasteiger partial charge >= 0.3 is 0 Å². The van der Waals surface area contributed by atoms with E-state index in [9.17, 15) is 10.2 Å². The number of aliphatic hydroxyl groups is 2. The fraction of sp³-hybridized carbons (Fsp3) is 0.182. The normalized spacial score (nSPS) is 15.2. The van der Waals surface area contributed by atoms with Crippen molar-refractivity contribution in [1.82, 2.24) is 14.8 Å². The van der Waals surface area contributed by atoms with Gasteiger partial charge in [0.05, 0.1) is 25.6 Å². The Balaban J connectivity index is 1.71. The lowest BCUT2D eigenvalue weighted by Crippen LogP contribution is -2.08. The zero-order valence-corrected chi connectivity index (χ0v) is 20.7. The Labute approximate surface area is 207 Å². The molecule has 0 spiro atoms. The third-order valence-electron chi connectivity index (χ3n) is 5.32. The summed E-state index contributed by atoms with van der Waals surface area (Å²) < 4.78 is 2.49. The Morgan fingerprint density at radius 2 is 1.75 bits per heavy atom. The summed E-state index contributed by atoms with van der Waals surface area (Å²) in [5.41, 5.74) is 4.85. The van der Waals surface area contributed by atoms with Crippen LogP contribution < -0.4 is 0 Å². The number of hydrogen-bond donors (Lipinski definition) is 2. The maximum atomic E-state index is 10.3. The second-order valence-corrected chi connectivity index (χ2v) is 11.2. The van der Waals surface area contributed by atoms with Crippen LogP contribution in [0.1, 0.15) is 35.4 Å². The van der Waals surface area contributed by atoms with Gasteiger partial charge in [0.2, 0.25) is 5.13 Å². The van der Waals surface area contributed by atoms with E-state index in [1.54, 1.807) is 17.8 Å². The lowest BCUT2D eigenvalue weighted by Gasteiger charge is -2.21. The molecule has 0 bridgehead atoms. The van der Waals surface area contributed by atoms with Crippen molar-refractivity contribution in [2.45, 2.75) is 29.6 Å². The molecule has 10 heteroatoms. The molecule has 0 fully saturated rings. The molecule has 32 heavy (non-hydrogen) atoms. The fourth-order valence-electron chi connectivity index (χ4n) is 3.89. The summed E-state index contributed by atoms with van der Waals surface area (Å²) in [4.78, 5) is 4.82. The quantitative estimate of drug-likeness (QED) is 0.280. The van der Waals surface area contributed by atoms with Gasteiger partial charge in [0.15, 0.2) is 6.29 Å². The minimum atomic E-state index is -1.77. The molecule has 2 aromatic heterocycles. The van der Waals surface area contributed by atoms with Crippen molar-refractivity contribution in [3.8, 4) is 27.5 Å². The summed E-state index contributed by atoms with van der Waals surface area (Å²) in [6.07, 6.45) is -1.77. The zero-order valence-electron chi connectivity index (χ0n) is 16.8. The maximum absolute atomic E-state index is 10.3. The summed E-state index contributed by atoms with van der Waals surface area (Å²) in [6, 6.07) is 11.0. The van der Waals surface area contributed by atoms with Gasteiger partial charge in [-0.1, -0.05) is 64.3 Å². The highest BCUT2D eigenvalue weighted by Crippen LogP contribution is 2.53. The smallest absolute Gasteiger partial charge is 0.212 e. The number of rotatable bonds is 3. The Morgan fingerprint density at radius 1 is 1.03 bits per heavy atom. The average molecular weight is 525 g/mol. The molecular weight excluding hydrogens is 509 g/mol. The third-order valence-corrected chi connectivity index (χ3v) is 8.75. The molecule has 0 saturated heterocycles. The number of benzene rings is 2. The highest BCUT2D eigenvalue weighted by atomic mass is 35.5. The predicted octanol–water partition coefficient (Wildman–Crippen LogP) is 7.08. The van der Waals surface area contributed by atoms with Crippen molar-refractivity contribution in [1.29, 1.82) is 0 Å². The first-order valence-corrected chi connectivity index (χ1v) is 12.5. The second kappa shape index (κ2) is 8.33. The topological polar surface area (TPSA) is 71.2 Å². The summed E-state index contributed by atoms with van der Waals surface area (Å²) >= 11 is 22.1. The Hall–Kier alpha value is -1.58. The van der Waals surface area contributed by atoms with Gasteiger partial charge in [-0.2, -0.15) is 5.10 Å². The number of nitrogens with zero attached hydrogens (tertiary/aromatic N) is 3. The lowest BCUT2D eigenvalue weighted by atomic mass is 10.0. The minimum absolute atomic E-state index is 0.168. The highest BCUT2D eigenvalue weighted by Gasteiger charge is 2.30. The molecular formula is C22H16Cl3N3O2S2. The standard InChI is InChI=1S/C22H16Cl3N3O2S2/c1-9-17(11-5-3-4-6-14(11)23)19(20(29)30)28(27-9)22-26-18-13-8-16(25)15(24)7-12(13)10(2)31-21(18)32-22/h3-8,10,20,29-30H,1-2H3. The molecule has 0 radical (unpaired) electrons. The van der Waals surface area contributed by atoms with E-state index < -0.39 is 6.29 Å². The zero-order chi connectivity index (χ0) is 22.7. The first kappa shape index (κ1) is 22.2. The molecule has 5 nitrogen and oxygen atoms in total. The minimum Gasteiger partial charge on any atom is -0.363 e. The SMILES string of the molecule is Cc1nn(-c2nc3c(s2)SC(C)c2cc(Cl)c(Cl)cc2-3)c(C(O)O)c1-c1ccccc1Cl. The molecule has 5 rings (SSSR count). The summed E-state index contributed by atoms with van der Waals surface area (Å²) in [7, 11) is 0. The van der Waals surface area contributed by atoms with Gasteiger partial charge in [-0.3, -0.25) is 0 Å². The molecule has 0 saturated carbocycles. The lowest BCUT2D eigenvalue weighted by molar-refractivity contribution is -0.0470. The molecule has 4 aromatic rings. The van der Waals surface area contributed by atoms with Gasteiger partial charge < -0.3 is 10.2 Å². The van der Waals surface area contributed by atoms with Crippen LogP contribution in [0.25, 0.3) is 27.5 Å². The fourth-order valence-corrected chi connectivity index (χ4v) is 7.00. The molecule has 0 amide bonds. The van der Waals surface area contributed by atoms with Crippen LogP contribution in [-0.2, 0) is 0 Å². The van der Waals surface area contributed by atoms with E-state index in [-0.39, 0.29) is 10.9 Å². The van der Waals surface area contributed by atoms with E-state index in [2.05, 4.69) is 12.0 Å². The van der Waals surface area contributed by atoms with E-state index in [1.807, 2.05) is 37.3 Å². The molecule has 164 valence electrons. The Morgan fingerprint density at radius 3 is 2.47 bits per heavy atom. The molecule has 1 aliphatic heterocycles. The number of aryl methyl sites for hydroxylation is 1. The second-order valence-electron chi connectivity index (χ2n) is 7.36. The van der Waals surface area contributed by atoms with Crippen molar-refractivity contribution in [3.05, 3.63) is 68.4 Å². The van der Waals surface area contributed by atoms with Crippen LogP contribution in [0.4, 0.5) is 0 Å². The van der Waals surface area contributed by atoms with E-state index in [0.29, 0.717) is 37.0 Å². The molecule has 1 unspecified atom stereocenters. The molecule has 1 aliphatic rings. The summed E-state index contributed by atoms with van der Waals surface area (Å²) in [5.74, 6) is 0. The molecule has 1 atom stereocenters. The molecule has 3 heterocycles. The van der Waals surface area contributed by atoms with Crippen molar-refractivity contribution in [2.75, 3.05) is 0 Å². The highest BCUT2D eigenvalue weighted by molar-refractivity contribution is 8.01. The van der Waals surface area contributed by atoms with Gasteiger partial charge in [-0.05, 0) is 37.6 Å². The van der Waals surface area contributed by atoms with Gasteiger partial charge in [-0.25, -0.2) is 9.67 Å². The molecule has 0 aliphatic carbocycles. The van der Waals surface area contributed by atoms with Gasteiger partial charge in [0.1, 0.15) is 5.69 Å². The van der Waals surface area contributed by atoms with Crippen LogP contribution in [0.2, 0.25) is 15.1 Å². The molecule has 2 N–H and O–H groups in total. The summed E-state index contributed by atoms with van der Waals surface area (Å²) in [5, 5.41) is 27.3. The van der Waals surface area contributed by atoms with E-state index >= 15 is 0 Å². The van der Waals surface area contributed by atoms with Crippen molar-refractivity contribution in [2.24, 2.45) is 0 Å². The van der Waals surface area contributed by atoms with Crippen LogP contribution in [0, 0.1) is 6.92 Å². The number of halogens is 3. The average Bonchev–Trinajstić information content (AvgIpc) is 3.31. The predicted molar refractivity (Wildman–Crippen MR) is 131 cm³/mol. The van der Waals surface area contributed by atoms with E-state index in [4.69, 9.17) is 39.8 Å². The maximum Gasteiger partial charge on any atom is 0.212 e. The van der Waals surface area contributed by atoms with Crippen molar-refractivity contribution < 1.29 is 10.2 Å². The number of aliphatic hydroxyl groups excluding tert-OH is 1. The van der Waals surface area contributed by atoms with Crippen molar-refractivity contribution >= 4 is 57.9 Å². The first-order chi connectivity index (χ1) is 15.3. The van der Waals surface area contributed by atoms with Crippen molar-refractivity contribution in [3.63, 3.8) is 0 Å².